The van der Waals surface area contributed by atoms with Crippen LogP contribution in [0.4, 0.5) is 0 Å². The Hall–Kier alpha value is -0.810. The highest BCUT2D eigenvalue weighted by Gasteiger charge is 2.22. The molecule has 0 saturated heterocycles. The summed E-state index contributed by atoms with van der Waals surface area (Å²) >= 11 is 0. The second kappa shape index (κ2) is 7.46. The van der Waals surface area contributed by atoms with Gasteiger partial charge in [0.05, 0.1) is 0 Å². The molecule has 0 bridgehead atoms. The molecule has 0 fully saturated rings. The van der Waals surface area contributed by atoms with E-state index in [2.05, 4.69) is 10.5 Å². The maximum atomic E-state index is 8.83. The average Bonchev–Trinajstić information content (AvgIpc) is 2.26. The van der Waals surface area contributed by atoms with Crippen molar-refractivity contribution < 1.29 is 10.3 Å². The molecule has 0 aromatic rings. The van der Waals surface area contributed by atoms with Crippen LogP contribution in [-0.2, 0) is 0 Å². The average molecular weight is 231 g/mol. The van der Waals surface area contributed by atoms with Crippen LogP contribution >= 0.6 is 0 Å². The Kier molecular flexibility index (Phi) is 7.08. The third kappa shape index (κ3) is 5.92. The molecule has 0 amide bonds. The predicted molar refractivity (Wildman–Crippen MR) is 65.5 cm³/mol. The largest absolute Gasteiger partial charge is 0.409 e. The van der Waals surface area contributed by atoms with Gasteiger partial charge in [-0.15, -0.1) is 0 Å². The smallest absolute Gasteiger partial charge is 0.144 e. The van der Waals surface area contributed by atoms with Gasteiger partial charge < -0.3 is 21.4 Å². The molecule has 0 spiro atoms. The number of hydrogen-bond donors (Lipinski definition) is 4. The van der Waals surface area contributed by atoms with Gasteiger partial charge in [-0.1, -0.05) is 25.9 Å². The van der Waals surface area contributed by atoms with E-state index in [9.17, 15) is 0 Å². The lowest BCUT2D eigenvalue weighted by Gasteiger charge is -2.22. The molecule has 1 unspecified atom stereocenters. The standard InChI is InChI=1S/C11H25N3O2/c1-9(8-15)7-13-6-4-5-11(2,3)10(12)14-16/h9,13,15-16H,4-8H2,1-3H3,(H2,12,14). The van der Waals surface area contributed by atoms with Crippen molar-refractivity contribution in [3.05, 3.63) is 0 Å². The number of nitrogens with zero attached hydrogens (tertiary/aromatic N) is 1. The molecule has 0 aliphatic heterocycles. The van der Waals surface area contributed by atoms with E-state index in [0.717, 1.165) is 25.9 Å². The fourth-order valence-electron chi connectivity index (χ4n) is 1.33. The van der Waals surface area contributed by atoms with Crippen LogP contribution in [0.25, 0.3) is 0 Å². The van der Waals surface area contributed by atoms with Gasteiger partial charge >= 0.3 is 0 Å². The van der Waals surface area contributed by atoms with Gasteiger partial charge in [0.15, 0.2) is 0 Å². The third-order valence-electron chi connectivity index (χ3n) is 2.76. The van der Waals surface area contributed by atoms with Gasteiger partial charge in [-0.3, -0.25) is 0 Å². The number of aliphatic hydroxyl groups is 1. The first kappa shape index (κ1) is 15.2. The van der Waals surface area contributed by atoms with Gasteiger partial charge in [0, 0.05) is 12.0 Å². The molecule has 0 aromatic carbocycles. The minimum Gasteiger partial charge on any atom is -0.409 e. The van der Waals surface area contributed by atoms with Crippen LogP contribution in [0.2, 0.25) is 0 Å². The highest BCUT2D eigenvalue weighted by Crippen LogP contribution is 2.21. The monoisotopic (exact) mass is 231 g/mol. The summed E-state index contributed by atoms with van der Waals surface area (Å²) < 4.78 is 0. The lowest BCUT2D eigenvalue weighted by molar-refractivity contribution is 0.233. The fraction of sp³-hybridized carbons (Fsp3) is 0.909. The highest BCUT2D eigenvalue weighted by atomic mass is 16.4. The van der Waals surface area contributed by atoms with Crippen LogP contribution < -0.4 is 11.1 Å². The van der Waals surface area contributed by atoms with E-state index in [1.54, 1.807) is 0 Å². The number of oxime groups is 1. The number of amidine groups is 1. The van der Waals surface area contributed by atoms with Gasteiger partial charge in [-0.25, -0.2) is 0 Å². The quantitative estimate of drug-likeness (QED) is 0.163. The molecular formula is C11H25N3O2. The molecular weight excluding hydrogens is 206 g/mol. The number of aliphatic hydroxyl groups excluding tert-OH is 1. The van der Waals surface area contributed by atoms with Crippen molar-refractivity contribution >= 4 is 5.84 Å². The van der Waals surface area contributed by atoms with Gasteiger partial charge in [0.1, 0.15) is 5.84 Å². The predicted octanol–water partition coefficient (Wildman–Crippen LogP) is 0.757. The van der Waals surface area contributed by atoms with E-state index in [1.165, 1.54) is 0 Å². The van der Waals surface area contributed by atoms with E-state index < -0.39 is 0 Å². The van der Waals surface area contributed by atoms with Crippen LogP contribution in [0.3, 0.4) is 0 Å². The maximum absolute atomic E-state index is 8.83. The molecule has 5 heteroatoms. The minimum absolute atomic E-state index is 0.211. The van der Waals surface area contributed by atoms with Gasteiger partial charge in [-0.05, 0) is 31.8 Å². The molecule has 0 heterocycles. The Bertz CT molecular complexity index is 217. The van der Waals surface area contributed by atoms with Crippen molar-refractivity contribution in [3.8, 4) is 0 Å². The summed E-state index contributed by atoms with van der Waals surface area (Å²) in [7, 11) is 0. The first-order valence-corrected chi connectivity index (χ1v) is 5.73. The zero-order valence-corrected chi connectivity index (χ0v) is 10.5. The molecule has 16 heavy (non-hydrogen) atoms. The molecule has 5 nitrogen and oxygen atoms in total. The summed E-state index contributed by atoms with van der Waals surface area (Å²) in [6.45, 7) is 7.82. The summed E-state index contributed by atoms with van der Waals surface area (Å²) in [5.41, 5.74) is 5.32. The normalized spacial score (nSPS) is 15.1. The Labute approximate surface area is 97.7 Å². The Balaban J connectivity index is 3.66. The van der Waals surface area contributed by atoms with E-state index in [4.69, 9.17) is 16.0 Å². The van der Waals surface area contributed by atoms with Crippen LogP contribution in [0.5, 0.6) is 0 Å². The van der Waals surface area contributed by atoms with Crippen molar-refractivity contribution in [2.24, 2.45) is 22.2 Å². The van der Waals surface area contributed by atoms with Crippen molar-refractivity contribution in [3.63, 3.8) is 0 Å². The number of nitrogens with one attached hydrogen (secondary N) is 1. The summed E-state index contributed by atoms with van der Waals surface area (Å²) in [5.74, 6) is 0.563. The molecule has 0 rings (SSSR count). The lowest BCUT2D eigenvalue weighted by Crippen LogP contribution is -2.33. The van der Waals surface area contributed by atoms with Crippen molar-refractivity contribution in [1.82, 2.24) is 5.32 Å². The summed E-state index contributed by atoms with van der Waals surface area (Å²) in [4.78, 5) is 0. The maximum Gasteiger partial charge on any atom is 0.144 e. The number of hydrogen-bond acceptors (Lipinski definition) is 4. The van der Waals surface area contributed by atoms with E-state index in [0.29, 0.717) is 0 Å². The summed E-state index contributed by atoms with van der Waals surface area (Å²) in [6.07, 6.45) is 1.82. The molecule has 0 aromatic heterocycles. The Morgan fingerprint density at radius 1 is 1.50 bits per heavy atom. The highest BCUT2D eigenvalue weighted by molar-refractivity contribution is 5.85. The molecule has 96 valence electrons. The molecule has 0 saturated carbocycles. The first-order valence-electron chi connectivity index (χ1n) is 5.73. The first-order chi connectivity index (χ1) is 7.44. The molecule has 0 aliphatic carbocycles. The van der Waals surface area contributed by atoms with Gasteiger partial charge in [0.2, 0.25) is 0 Å². The van der Waals surface area contributed by atoms with Crippen LogP contribution in [0, 0.1) is 11.3 Å². The molecule has 0 radical (unpaired) electrons. The molecule has 0 aliphatic rings. The van der Waals surface area contributed by atoms with E-state index in [-0.39, 0.29) is 23.8 Å². The van der Waals surface area contributed by atoms with Crippen molar-refractivity contribution in [2.45, 2.75) is 33.6 Å². The number of nitrogens with two attached hydrogens (primary N) is 1. The number of rotatable bonds is 8. The Morgan fingerprint density at radius 3 is 2.62 bits per heavy atom. The lowest BCUT2D eigenvalue weighted by atomic mass is 9.86. The third-order valence-corrected chi connectivity index (χ3v) is 2.76. The van der Waals surface area contributed by atoms with E-state index in [1.807, 2.05) is 20.8 Å². The van der Waals surface area contributed by atoms with Gasteiger partial charge in [0.25, 0.3) is 0 Å². The minimum atomic E-state index is -0.265. The van der Waals surface area contributed by atoms with Crippen molar-refractivity contribution in [2.75, 3.05) is 19.7 Å². The van der Waals surface area contributed by atoms with Crippen LogP contribution in [-0.4, -0.2) is 35.8 Å². The second-order valence-electron chi connectivity index (χ2n) is 4.96. The zero-order chi connectivity index (χ0) is 12.6. The van der Waals surface area contributed by atoms with Crippen LogP contribution in [0.15, 0.2) is 5.16 Å². The second-order valence-corrected chi connectivity index (χ2v) is 4.96. The summed E-state index contributed by atoms with van der Waals surface area (Å²) in [5, 5.41) is 23.7. The van der Waals surface area contributed by atoms with Crippen LogP contribution in [0.1, 0.15) is 33.6 Å². The van der Waals surface area contributed by atoms with Gasteiger partial charge in [-0.2, -0.15) is 0 Å². The SMILES string of the molecule is CC(CO)CNCCCC(C)(C)C(N)=NO. The van der Waals surface area contributed by atoms with Crippen molar-refractivity contribution in [1.29, 1.82) is 0 Å². The topological polar surface area (TPSA) is 90.9 Å². The fourth-order valence-corrected chi connectivity index (χ4v) is 1.33. The Morgan fingerprint density at radius 2 is 2.12 bits per heavy atom. The van der Waals surface area contributed by atoms with E-state index >= 15 is 0 Å². The molecule has 1 atom stereocenters. The summed E-state index contributed by atoms with van der Waals surface area (Å²) in [6, 6.07) is 0. The zero-order valence-electron chi connectivity index (χ0n) is 10.5. The molecule has 5 N–H and O–H groups in total.